The molecule has 1 saturated carbocycles. The number of nitrogens with zero attached hydrogens (tertiary/aromatic N) is 1. The van der Waals surface area contributed by atoms with E-state index in [0.717, 1.165) is 0 Å². The Kier molecular flexibility index (Phi) is 2.88. The number of rotatable bonds is 2. The van der Waals surface area contributed by atoms with E-state index in [4.69, 9.17) is 9.84 Å². The second kappa shape index (κ2) is 4.05. The Bertz CT molecular complexity index is 311. The molecule has 0 unspecified atom stereocenters. The molecule has 0 bridgehead atoms. The molecular weight excluding hydrogens is 210 g/mol. The summed E-state index contributed by atoms with van der Waals surface area (Å²) in [6.07, 6.45) is 1.29. The van der Waals surface area contributed by atoms with Gasteiger partial charge in [0.05, 0.1) is 24.5 Å². The van der Waals surface area contributed by atoms with Crippen molar-refractivity contribution in [3.05, 3.63) is 0 Å². The zero-order valence-corrected chi connectivity index (χ0v) is 9.44. The smallest absolute Gasteiger partial charge is 0.310 e. The van der Waals surface area contributed by atoms with Crippen molar-refractivity contribution in [1.82, 2.24) is 4.90 Å². The van der Waals surface area contributed by atoms with Gasteiger partial charge in [0.1, 0.15) is 0 Å². The fraction of sp³-hybridized carbons (Fsp3) is 0.818. The Hall–Kier alpha value is -1.10. The Morgan fingerprint density at radius 1 is 1.38 bits per heavy atom. The minimum atomic E-state index is -0.856. The van der Waals surface area contributed by atoms with Crippen molar-refractivity contribution < 1.29 is 19.4 Å². The monoisotopic (exact) mass is 227 g/mol. The van der Waals surface area contributed by atoms with Crippen molar-refractivity contribution in [2.24, 2.45) is 11.3 Å². The Labute approximate surface area is 94.4 Å². The third-order valence-corrected chi connectivity index (χ3v) is 3.83. The van der Waals surface area contributed by atoms with Gasteiger partial charge in [-0.25, -0.2) is 0 Å². The van der Waals surface area contributed by atoms with Crippen molar-refractivity contribution in [2.45, 2.75) is 19.8 Å². The van der Waals surface area contributed by atoms with Crippen LogP contribution in [0.3, 0.4) is 0 Å². The lowest BCUT2D eigenvalue weighted by Crippen LogP contribution is -2.54. The van der Waals surface area contributed by atoms with Gasteiger partial charge in [0, 0.05) is 13.1 Å². The maximum Gasteiger partial charge on any atom is 0.310 e. The van der Waals surface area contributed by atoms with Crippen LogP contribution in [-0.4, -0.2) is 48.2 Å². The topological polar surface area (TPSA) is 66.8 Å². The molecule has 16 heavy (non-hydrogen) atoms. The van der Waals surface area contributed by atoms with Crippen LogP contribution in [0.5, 0.6) is 0 Å². The van der Waals surface area contributed by atoms with E-state index in [-0.39, 0.29) is 11.8 Å². The van der Waals surface area contributed by atoms with Gasteiger partial charge in [-0.05, 0) is 19.8 Å². The minimum Gasteiger partial charge on any atom is -0.481 e. The van der Waals surface area contributed by atoms with E-state index >= 15 is 0 Å². The van der Waals surface area contributed by atoms with Gasteiger partial charge in [-0.3, -0.25) is 9.59 Å². The SMILES string of the molecule is C[C@@]1(C(=O)O)CC[C@@H]1C(=O)N1CCOCC1. The molecule has 1 saturated heterocycles. The summed E-state index contributed by atoms with van der Waals surface area (Å²) in [6, 6.07) is 0. The molecule has 2 rings (SSSR count). The molecule has 2 aliphatic rings. The number of carbonyl (C=O) groups is 2. The first kappa shape index (κ1) is 11.4. The predicted octanol–water partition coefficient (Wildman–Crippen LogP) is 0.346. The molecule has 1 aliphatic heterocycles. The summed E-state index contributed by atoms with van der Waals surface area (Å²) in [5, 5.41) is 9.11. The van der Waals surface area contributed by atoms with Gasteiger partial charge in [0.25, 0.3) is 0 Å². The number of aliphatic carboxylic acids is 1. The van der Waals surface area contributed by atoms with Crippen molar-refractivity contribution in [3.63, 3.8) is 0 Å². The highest BCUT2D eigenvalue weighted by Crippen LogP contribution is 2.47. The van der Waals surface area contributed by atoms with E-state index in [1.807, 2.05) is 0 Å². The molecule has 1 aliphatic carbocycles. The molecule has 2 fully saturated rings. The van der Waals surface area contributed by atoms with Crippen LogP contribution < -0.4 is 0 Å². The van der Waals surface area contributed by atoms with Crippen molar-refractivity contribution >= 4 is 11.9 Å². The van der Waals surface area contributed by atoms with Crippen LogP contribution >= 0.6 is 0 Å². The summed E-state index contributed by atoms with van der Waals surface area (Å²) in [5.41, 5.74) is -0.852. The van der Waals surface area contributed by atoms with E-state index < -0.39 is 11.4 Å². The molecule has 1 amide bonds. The van der Waals surface area contributed by atoms with Gasteiger partial charge in [-0.2, -0.15) is 0 Å². The van der Waals surface area contributed by atoms with E-state index in [0.29, 0.717) is 39.1 Å². The number of amides is 1. The number of carboxylic acid groups (broad SMARTS) is 1. The van der Waals surface area contributed by atoms with Crippen molar-refractivity contribution in [1.29, 1.82) is 0 Å². The summed E-state index contributed by atoms with van der Waals surface area (Å²) in [4.78, 5) is 24.9. The van der Waals surface area contributed by atoms with Crippen LogP contribution in [0.2, 0.25) is 0 Å². The highest BCUT2D eigenvalue weighted by atomic mass is 16.5. The van der Waals surface area contributed by atoms with Gasteiger partial charge in [0.15, 0.2) is 0 Å². The van der Waals surface area contributed by atoms with E-state index in [9.17, 15) is 9.59 Å². The summed E-state index contributed by atoms with van der Waals surface area (Å²) >= 11 is 0. The first-order valence-electron chi connectivity index (χ1n) is 5.65. The molecule has 1 N–H and O–H groups in total. The number of morpholine rings is 1. The molecule has 0 aromatic carbocycles. The zero-order chi connectivity index (χ0) is 11.8. The van der Waals surface area contributed by atoms with Gasteiger partial charge in [-0.15, -0.1) is 0 Å². The second-order valence-corrected chi connectivity index (χ2v) is 4.75. The lowest BCUT2D eigenvalue weighted by molar-refractivity contribution is -0.169. The van der Waals surface area contributed by atoms with Crippen LogP contribution in [0.25, 0.3) is 0 Å². The third kappa shape index (κ3) is 1.69. The van der Waals surface area contributed by atoms with E-state index in [1.54, 1.807) is 11.8 Å². The number of ether oxygens (including phenoxy) is 1. The minimum absolute atomic E-state index is 0.0144. The quantitative estimate of drug-likeness (QED) is 0.739. The molecular formula is C11H17NO4. The number of hydrogen-bond donors (Lipinski definition) is 1. The average molecular weight is 227 g/mol. The van der Waals surface area contributed by atoms with Crippen LogP contribution in [-0.2, 0) is 14.3 Å². The average Bonchev–Trinajstić information content (AvgIpc) is 2.27. The first-order chi connectivity index (χ1) is 7.55. The maximum absolute atomic E-state index is 12.1. The molecule has 90 valence electrons. The Balaban J connectivity index is 2.02. The fourth-order valence-electron chi connectivity index (χ4n) is 2.38. The molecule has 5 nitrogen and oxygen atoms in total. The lowest BCUT2D eigenvalue weighted by Gasteiger charge is -2.44. The Morgan fingerprint density at radius 2 is 2.00 bits per heavy atom. The molecule has 0 spiro atoms. The lowest BCUT2D eigenvalue weighted by atomic mass is 9.60. The van der Waals surface area contributed by atoms with Crippen LogP contribution in [0, 0.1) is 11.3 Å². The molecule has 5 heteroatoms. The standard InChI is InChI=1S/C11H17NO4/c1-11(10(14)15)3-2-8(11)9(13)12-4-6-16-7-5-12/h8H,2-7H2,1H3,(H,14,15)/t8-,11-/m1/s1. The van der Waals surface area contributed by atoms with Gasteiger partial charge in [0.2, 0.25) is 5.91 Å². The van der Waals surface area contributed by atoms with E-state index in [1.165, 1.54) is 0 Å². The predicted molar refractivity (Wildman–Crippen MR) is 55.9 cm³/mol. The zero-order valence-electron chi connectivity index (χ0n) is 9.44. The van der Waals surface area contributed by atoms with Crippen molar-refractivity contribution in [2.75, 3.05) is 26.3 Å². The van der Waals surface area contributed by atoms with E-state index in [2.05, 4.69) is 0 Å². The summed E-state index contributed by atoms with van der Waals surface area (Å²) < 4.78 is 5.17. The molecule has 0 radical (unpaired) electrons. The first-order valence-corrected chi connectivity index (χ1v) is 5.65. The largest absolute Gasteiger partial charge is 0.481 e. The number of carbonyl (C=O) groups excluding carboxylic acids is 1. The molecule has 0 aromatic rings. The third-order valence-electron chi connectivity index (χ3n) is 3.83. The summed E-state index contributed by atoms with van der Waals surface area (Å²) in [7, 11) is 0. The number of hydrogen-bond acceptors (Lipinski definition) is 3. The van der Waals surface area contributed by atoms with Crippen LogP contribution in [0.15, 0.2) is 0 Å². The van der Waals surface area contributed by atoms with Crippen LogP contribution in [0.4, 0.5) is 0 Å². The Morgan fingerprint density at radius 3 is 2.44 bits per heavy atom. The van der Waals surface area contributed by atoms with Crippen LogP contribution in [0.1, 0.15) is 19.8 Å². The summed E-state index contributed by atoms with van der Waals surface area (Å²) in [5.74, 6) is -1.21. The fourth-order valence-corrected chi connectivity index (χ4v) is 2.38. The highest BCUT2D eigenvalue weighted by Gasteiger charge is 2.53. The maximum atomic E-state index is 12.1. The molecule has 2 atom stereocenters. The molecule has 1 heterocycles. The van der Waals surface area contributed by atoms with Gasteiger partial charge >= 0.3 is 5.97 Å². The second-order valence-electron chi connectivity index (χ2n) is 4.75. The van der Waals surface area contributed by atoms with Gasteiger partial charge in [-0.1, -0.05) is 0 Å². The molecule has 0 aromatic heterocycles. The number of carboxylic acids is 1. The summed E-state index contributed by atoms with van der Waals surface area (Å²) in [6.45, 7) is 3.96. The van der Waals surface area contributed by atoms with Crippen molar-refractivity contribution in [3.8, 4) is 0 Å². The highest BCUT2D eigenvalue weighted by molar-refractivity contribution is 5.88. The van der Waals surface area contributed by atoms with Gasteiger partial charge < -0.3 is 14.7 Å². The normalized spacial score (nSPS) is 34.3.